The number of ether oxygens (including phenoxy) is 2. The first kappa shape index (κ1) is 33.6. The number of aliphatic hydroxyl groups excluding tert-OH is 1. The fraction of sp³-hybridized carbons (Fsp3) is 0.615. The zero-order chi connectivity index (χ0) is 31.4. The number of β-lactam (4-membered cyclic amide) rings is 1. The van der Waals surface area contributed by atoms with Crippen LogP contribution >= 0.6 is 11.8 Å². The van der Waals surface area contributed by atoms with Crippen LogP contribution in [0.5, 0.6) is 0 Å². The molecule has 2 amide bonds. The smallest absolute Gasteiger partial charge is 0.410 e. The lowest BCUT2D eigenvalue weighted by Gasteiger charge is -2.46. The van der Waals surface area contributed by atoms with E-state index in [-0.39, 0.29) is 54.8 Å². The Morgan fingerprint density at radius 2 is 1.90 bits per heavy atom. The van der Waals surface area contributed by atoms with Gasteiger partial charge < -0.3 is 24.3 Å². The van der Waals surface area contributed by atoms with E-state index in [1.807, 2.05) is 6.92 Å². The summed E-state index contributed by atoms with van der Waals surface area (Å²) in [5, 5.41) is 14.0. The van der Waals surface area contributed by atoms with E-state index in [1.54, 1.807) is 6.92 Å². The van der Waals surface area contributed by atoms with Gasteiger partial charge in [0, 0.05) is 36.7 Å². The fourth-order valence-electron chi connectivity index (χ4n) is 5.29. The van der Waals surface area contributed by atoms with Gasteiger partial charge >= 0.3 is 12.1 Å². The highest BCUT2D eigenvalue weighted by Gasteiger charge is 2.60. The van der Waals surface area contributed by atoms with E-state index in [0.29, 0.717) is 11.3 Å². The summed E-state index contributed by atoms with van der Waals surface area (Å²) in [6, 6.07) is -1.12. The molecule has 234 valence electrons. The summed E-state index contributed by atoms with van der Waals surface area (Å²) < 4.78 is 38.8. The third-order valence-electron chi connectivity index (χ3n) is 7.26. The maximum Gasteiger partial charge on any atom is 0.410 e. The number of esters is 1. The molecular weight excluding hydrogens is 590 g/mol. The Morgan fingerprint density at radius 3 is 2.48 bits per heavy atom. The van der Waals surface area contributed by atoms with Crippen molar-refractivity contribution in [3.63, 3.8) is 0 Å². The fourth-order valence-corrected chi connectivity index (χ4v) is 7.40. The van der Waals surface area contributed by atoms with Crippen LogP contribution in [0.25, 0.3) is 0 Å². The van der Waals surface area contributed by atoms with Crippen LogP contribution in [-0.2, 0) is 34.1 Å². The lowest BCUT2D eigenvalue weighted by atomic mass is 9.79. The molecule has 42 heavy (non-hydrogen) atoms. The summed E-state index contributed by atoms with van der Waals surface area (Å²) in [7, 11) is 0.255. The monoisotopic (exact) mass is 629 g/mol. The van der Waals surface area contributed by atoms with Crippen molar-refractivity contribution in [2.45, 2.75) is 43.7 Å². The van der Waals surface area contributed by atoms with E-state index in [4.69, 9.17) is 14.3 Å². The molecule has 0 aliphatic carbocycles. The summed E-state index contributed by atoms with van der Waals surface area (Å²) in [5.74, 6) is -1.99. The lowest BCUT2D eigenvalue weighted by molar-refractivity contribution is -0.164. The predicted octanol–water partition coefficient (Wildman–Crippen LogP) is 0.682. The number of likely N-dealkylation sites (tertiary alicyclic amines) is 1. The molecule has 14 nitrogen and oxygen atoms in total. The van der Waals surface area contributed by atoms with Crippen LogP contribution in [0.2, 0.25) is 0 Å². The molecule has 3 aliphatic heterocycles. The maximum atomic E-state index is 13.1. The number of rotatable bonds is 14. The Bertz CT molecular complexity index is 1250. The summed E-state index contributed by atoms with van der Waals surface area (Å²) >= 11 is 1.33. The minimum absolute atomic E-state index is 0.0369. The van der Waals surface area contributed by atoms with Gasteiger partial charge in [0.05, 0.1) is 36.4 Å². The first-order valence-corrected chi connectivity index (χ1v) is 15.6. The summed E-state index contributed by atoms with van der Waals surface area (Å²) in [6.45, 7) is 10.4. The Morgan fingerprint density at radius 1 is 1.26 bits per heavy atom. The van der Waals surface area contributed by atoms with E-state index in [0.717, 1.165) is 4.31 Å². The molecule has 0 aromatic rings. The molecule has 16 heteroatoms. The molecule has 0 saturated carbocycles. The van der Waals surface area contributed by atoms with Gasteiger partial charge in [0.1, 0.15) is 26.0 Å². The van der Waals surface area contributed by atoms with Gasteiger partial charge in [0.2, 0.25) is 5.91 Å². The second-order valence-corrected chi connectivity index (χ2v) is 13.5. The highest BCUT2D eigenvalue weighted by Crippen LogP contribution is 2.52. The summed E-state index contributed by atoms with van der Waals surface area (Å²) in [5.41, 5.74) is 0.365. The average Bonchev–Trinajstić information content (AvgIpc) is 3.45. The minimum Gasteiger partial charge on any atom is -0.457 e. The Hall–Kier alpha value is -2.92. The minimum atomic E-state index is -3.81. The van der Waals surface area contributed by atoms with Crippen LogP contribution in [0, 0.1) is 11.8 Å². The Kier molecular flexibility index (Phi) is 11.2. The van der Waals surface area contributed by atoms with E-state index in [9.17, 15) is 27.9 Å². The second kappa shape index (κ2) is 14.0. The van der Waals surface area contributed by atoms with Gasteiger partial charge in [0.25, 0.3) is 10.2 Å². The van der Waals surface area contributed by atoms with E-state index < -0.39 is 46.4 Å². The molecule has 3 aliphatic rings. The molecule has 0 aromatic heterocycles. The number of amides is 2. The van der Waals surface area contributed by atoms with Crippen molar-refractivity contribution in [2.75, 3.05) is 47.5 Å². The zero-order valence-corrected chi connectivity index (χ0v) is 26.0. The van der Waals surface area contributed by atoms with Crippen LogP contribution in [0.3, 0.4) is 0 Å². The number of carbonyl (C=O) groups is 3. The number of nitrogens with zero attached hydrogens (tertiary/aromatic N) is 4. The third kappa shape index (κ3) is 6.83. The van der Waals surface area contributed by atoms with E-state index >= 15 is 0 Å². The maximum absolute atomic E-state index is 13.1. The topological polar surface area (TPSA) is 167 Å². The van der Waals surface area contributed by atoms with Crippen molar-refractivity contribution in [3.8, 4) is 0 Å². The van der Waals surface area contributed by atoms with Gasteiger partial charge in [-0.3, -0.25) is 9.69 Å². The van der Waals surface area contributed by atoms with Crippen molar-refractivity contribution in [3.05, 3.63) is 35.9 Å². The normalized spacial score (nSPS) is 26.6. The Labute approximate surface area is 250 Å². The number of hydrogen-bond donors (Lipinski definition) is 2. The highest BCUT2D eigenvalue weighted by atomic mass is 32.2. The molecule has 3 rings (SSSR count). The van der Waals surface area contributed by atoms with Crippen molar-refractivity contribution >= 4 is 45.7 Å². The van der Waals surface area contributed by atoms with E-state index in [1.165, 1.54) is 54.9 Å². The number of thioether (sulfide) groups is 1. The molecule has 2 saturated heterocycles. The molecule has 0 radical (unpaired) electrons. The van der Waals surface area contributed by atoms with Gasteiger partial charge in [-0.25, -0.2) is 9.59 Å². The summed E-state index contributed by atoms with van der Waals surface area (Å²) in [4.78, 5) is 47.6. The van der Waals surface area contributed by atoms with Gasteiger partial charge in [-0.05, 0) is 13.3 Å². The summed E-state index contributed by atoms with van der Waals surface area (Å²) in [6.07, 6.45) is 1.60. The molecule has 0 unspecified atom stereocenters. The van der Waals surface area contributed by atoms with Crippen molar-refractivity contribution in [1.29, 1.82) is 0 Å². The van der Waals surface area contributed by atoms with Crippen molar-refractivity contribution < 1.29 is 42.2 Å². The predicted molar refractivity (Wildman–Crippen MR) is 156 cm³/mol. The van der Waals surface area contributed by atoms with Gasteiger partial charge in [-0.1, -0.05) is 37.4 Å². The zero-order valence-electron chi connectivity index (χ0n) is 24.4. The number of fused-ring (bicyclic) bond motifs is 1. The van der Waals surface area contributed by atoms with Crippen LogP contribution in [-0.4, -0.2) is 122 Å². The number of oxime groups is 1. The SMILES string of the molecule is C=CCOC(=O)C1=C(S[C@H]2C[C@@H](/C(CNS(=O)(=O)N(C)C)=N/OC)N(C(=O)OCC=C)C2)[C@H](C)[C@@H]2[C@@H]([C@@H](C)O)C(=O)N12. The molecule has 0 bridgehead atoms. The number of hydrogen-bond acceptors (Lipinski definition) is 11. The van der Waals surface area contributed by atoms with Crippen molar-refractivity contribution in [2.24, 2.45) is 17.0 Å². The van der Waals surface area contributed by atoms with Crippen LogP contribution in [0.4, 0.5) is 4.79 Å². The van der Waals surface area contributed by atoms with Gasteiger partial charge in [-0.2, -0.15) is 17.4 Å². The second-order valence-electron chi connectivity index (χ2n) is 10.2. The highest BCUT2D eigenvalue weighted by molar-refractivity contribution is 8.03. The number of nitrogens with one attached hydrogen (secondary N) is 1. The van der Waals surface area contributed by atoms with Gasteiger partial charge in [-0.15, -0.1) is 11.8 Å². The molecule has 0 spiro atoms. The van der Waals surface area contributed by atoms with Crippen LogP contribution in [0.1, 0.15) is 20.3 Å². The van der Waals surface area contributed by atoms with Crippen LogP contribution < -0.4 is 4.72 Å². The number of aliphatic hydroxyl groups is 1. The largest absolute Gasteiger partial charge is 0.457 e. The molecule has 3 heterocycles. The molecular formula is C26H39N5O9S2. The van der Waals surface area contributed by atoms with Crippen LogP contribution in [0.15, 0.2) is 41.1 Å². The van der Waals surface area contributed by atoms with E-state index in [2.05, 4.69) is 23.0 Å². The molecule has 2 N–H and O–H groups in total. The first-order valence-electron chi connectivity index (χ1n) is 13.3. The average molecular weight is 630 g/mol. The Balaban J connectivity index is 1.94. The molecule has 6 atom stereocenters. The first-order chi connectivity index (χ1) is 19.8. The van der Waals surface area contributed by atoms with Gasteiger partial charge in [0.15, 0.2) is 0 Å². The quantitative estimate of drug-likeness (QED) is 0.0917. The van der Waals surface area contributed by atoms with Crippen molar-refractivity contribution in [1.82, 2.24) is 18.8 Å². The lowest BCUT2D eigenvalue weighted by Crippen LogP contribution is -2.63. The standard InChI is InChI=1S/C26H39N5O9S2/c1-8-10-39-25(34)22-23(15(3)21-20(16(4)32)24(33)31(21)22)41-17-12-19(30(14-17)26(35)40-11-9-2)18(28-38-7)13-27-42(36,37)29(5)6/h8-9,15-17,19-21,27,32H,1-2,10-14H2,3-7H3/b28-18+/t15-,16-,17+,19+,20-,21-/m1/s1. The third-order valence-corrected chi connectivity index (χ3v) is 10.2. The number of carbonyl (C=O) groups excluding carboxylic acids is 3. The molecule has 0 aromatic carbocycles. The molecule has 2 fully saturated rings.